The summed E-state index contributed by atoms with van der Waals surface area (Å²) in [5.41, 5.74) is 2.86. The highest BCUT2D eigenvalue weighted by molar-refractivity contribution is 5.99. The summed E-state index contributed by atoms with van der Waals surface area (Å²) < 4.78 is 1.65. The topological polar surface area (TPSA) is 50.5 Å². The Morgan fingerprint density at radius 2 is 2.00 bits per heavy atom. The van der Waals surface area contributed by atoms with E-state index >= 15 is 0 Å². The molecule has 0 fully saturated rings. The van der Waals surface area contributed by atoms with Gasteiger partial charge in [0.2, 0.25) is 0 Å². The fourth-order valence-electron chi connectivity index (χ4n) is 1.62. The molecule has 1 amide bonds. The lowest BCUT2D eigenvalue weighted by Crippen LogP contribution is -2.23. The number of carbonyl (C=O) groups is 1. The van der Waals surface area contributed by atoms with Crippen molar-refractivity contribution >= 4 is 11.6 Å². The molecule has 2 aromatic rings. The van der Waals surface area contributed by atoms with Gasteiger partial charge in [-0.2, -0.15) is 5.10 Å². The smallest absolute Gasteiger partial charge is 0.257 e. The third-order valence-corrected chi connectivity index (χ3v) is 2.30. The minimum atomic E-state index is -0.0545. The first kappa shape index (κ1) is 10.6. The van der Waals surface area contributed by atoms with Crippen molar-refractivity contribution < 1.29 is 4.79 Å². The number of carbonyl (C=O) groups excluding carboxylic acids is 1. The van der Waals surface area contributed by atoms with Crippen LogP contribution in [0.15, 0.2) is 12.3 Å². The van der Waals surface area contributed by atoms with Gasteiger partial charge in [0.1, 0.15) is 0 Å². The van der Waals surface area contributed by atoms with Crippen molar-refractivity contribution in [3.8, 4) is 0 Å². The van der Waals surface area contributed by atoms with E-state index in [4.69, 9.17) is 0 Å². The zero-order valence-corrected chi connectivity index (χ0v) is 9.85. The molecule has 0 aliphatic carbocycles. The van der Waals surface area contributed by atoms with Gasteiger partial charge in [-0.3, -0.25) is 4.79 Å². The molecule has 2 aromatic heterocycles. The van der Waals surface area contributed by atoms with E-state index < -0.39 is 0 Å². The Kier molecular flexibility index (Phi) is 2.38. The van der Waals surface area contributed by atoms with Crippen molar-refractivity contribution in [1.29, 1.82) is 0 Å². The van der Waals surface area contributed by atoms with Gasteiger partial charge in [0, 0.05) is 14.1 Å². The maximum Gasteiger partial charge on any atom is 0.257 e. The molecule has 5 nitrogen and oxygen atoms in total. The minimum absolute atomic E-state index is 0.0545. The molecule has 0 bridgehead atoms. The fourth-order valence-corrected chi connectivity index (χ4v) is 1.62. The third kappa shape index (κ3) is 1.64. The monoisotopic (exact) mass is 218 g/mol. The Labute approximate surface area is 93.7 Å². The van der Waals surface area contributed by atoms with Crippen LogP contribution in [0.4, 0.5) is 0 Å². The molecular weight excluding hydrogens is 204 g/mol. The molecule has 0 saturated carbocycles. The first-order chi connectivity index (χ1) is 7.49. The van der Waals surface area contributed by atoms with Gasteiger partial charge in [-0.05, 0) is 19.9 Å². The molecular formula is C11H14N4O. The van der Waals surface area contributed by atoms with Gasteiger partial charge in [0.05, 0.1) is 23.1 Å². The molecule has 2 heterocycles. The second-order valence-electron chi connectivity index (χ2n) is 4.05. The van der Waals surface area contributed by atoms with E-state index in [2.05, 4.69) is 10.1 Å². The van der Waals surface area contributed by atoms with Gasteiger partial charge in [-0.25, -0.2) is 9.50 Å². The van der Waals surface area contributed by atoms with E-state index in [1.54, 1.807) is 29.6 Å². The number of aromatic nitrogens is 3. The predicted octanol–water partition coefficient (Wildman–Crippen LogP) is 1.05. The second-order valence-corrected chi connectivity index (χ2v) is 4.05. The predicted molar refractivity (Wildman–Crippen MR) is 60.5 cm³/mol. The van der Waals surface area contributed by atoms with Crippen LogP contribution in [0.25, 0.3) is 5.65 Å². The normalized spacial score (nSPS) is 10.8. The molecule has 5 heteroatoms. The Bertz CT molecular complexity index is 556. The highest BCUT2D eigenvalue weighted by atomic mass is 16.2. The second kappa shape index (κ2) is 3.59. The molecule has 0 aromatic carbocycles. The lowest BCUT2D eigenvalue weighted by atomic mass is 10.2. The van der Waals surface area contributed by atoms with Crippen LogP contribution in [0.2, 0.25) is 0 Å². The van der Waals surface area contributed by atoms with E-state index in [1.807, 2.05) is 20.0 Å². The summed E-state index contributed by atoms with van der Waals surface area (Å²) in [5.74, 6) is -0.0545. The molecule has 0 unspecified atom stereocenters. The molecule has 0 aliphatic heterocycles. The average Bonchev–Trinajstić information content (AvgIpc) is 2.55. The fraction of sp³-hybridized carbons (Fsp3) is 0.364. The SMILES string of the molecule is Cc1cn2nc(C)cc(C(=O)N(C)C)c2n1. The maximum absolute atomic E-state index is 12.0. The van der Waals surface area contributed by atoms with E-state index in [9.17, 15) is 4.79 Å². The summed E-state index contributed by atoms with van der Waals surface area (Å²) in [6.45, 7) is 3.75. The number of rotatable bonds is 1. The number of nitrogens with zero attached hydrogens (tertiary/aromatic N) is 4. The van der Waals surface area contributed by atoms with Crippen LogP contribution in [-0.4, -0.2) is 39.5 Å². The van der Waals surface area contributed by atoms with E-state index in [-0.39, 0.29) is 5.91 Å². The van der Waals surface area contributed by atoms with Crippen molar-refractivity contribution in [2.75, 3.05) is 14.1 Å². The van der Waals surface area contributed by atoms with Gasteiger partial charge in [-0.1, -0.05) is 0 Å². The average molecular weight is 218 g/mol. The zero-order chi connectivity index (χ0) is 11.9. The molecule has 0 saturated heterocycles. The Morgan fingerprint density at radius 1 is 1.31 bits per heavy atom. The number of hydrogen-bond acceptors (Lipinski definition) is 3. The maximum atomic E-state index is 12.0. The summed E-state index contributed by atoms with van der Waals surface area (Å²) in [7, 11) is 3.45. The van der Waals surface area contributed by atoms with Gasteiger partial charge >= 0.3 is 0 Å². The van der Waals surface area contributed by atoms with Crippen LogP contribution in [0, 0.1) is 13.8 Å². The van der Waals surface area contributed by atoms with Crippen LogP contribution in [-0.2, 0) is 0 Å². The highest BCUT2D eigenvalue weighted by Gasteiger charge is 2.15. The standard InChI is InChI=1S/C11H14N4O/c1-7-5-9(11(16)14(3)4)10-12-8(2)6-15(10)13-7/h5-6H,1-4H3. The van der Waals surface area contributed by atoms with Crippen LogP contribution < -0.4 is 0 Å². The van der Waals surface area contributed by atoms with E-state index in [0.717, 1.165) is 11.4 Å². The molecule has 0 aliphatic rings. The van der Waals surface area contributed by atoms with Crippen LogP contribution >= 0.6 is 0 Å². The first-order valence-corrected chi connectivity index (χ1v) is 5.04. The molecule has 0 atom stereocenters. The number of imidazole rings is 1. The number of aryl methyl sites for hydroxylation is 2. The lowest BCUT2D eigenvalue weighted by Gasteiger charge is -2.11. The highest BCUT2D eigenvalue weighted by Crippen LogP contribution is 2.12. The first-order valence-electron chi connectivity index (χ1n) is 5.04. The molecule has 16 heavy (non-hydrogen) atoms. The molecule has 0 spiro atoms. The van der Waals surface area contributed by atoms with Crippen LogP contribution in [0.5, 0.6) is 0 Å². The van der Waals surface area contributed by atoms with Gasteiger partial charge in [0.15, 0.2) is 5.65 Å². The summed E-state index contributed by atoms with van der Waals surface area (Å²) in [5, 5.41) is 4.28. The lowest BCUT2D eigenvalue weighted by molar-refractivity contribution is 0.0828. The summed E-state index contributed by atoms with van der Waals surface area (Å²) in [6, 6.07) is 1.77. The molecule has 0 radical (unpaired) electrons. The van der Waals surface area contributed by atoms with Crippen LogP contribution in [0.1, 0.15) is 21.7 Å². The zero-order valence-electron chi connectivity index (χ0n) is 9.85. The van der Waals surface area contributed by atoms with Crippen LogP contribution in [0.3, 0.4) is 0 Å². The number of fused-ring (bicyclic) bond motifs is 1. The van der Waals surface area contributed by atoms with Crippen molar-refractivity contribution in [2.45, 2.75) is 13.8 Å². The van der Waals surface area contributed by atoms with Gasteiger partial charge < -0.3 is 4.90 Å². The Hall–Kier alpha value is -1.91. The Morgan fingerprint density at radius 3 is 2.62 bits per heavy atom. The summed E-state index contributed by atoms with van der Waals surface area (Å²) >= 11 is 0. The summed E-state index contributed by atoms with van der Waals surface area (Å²) in [4.78, 5) is 17.8. The minimum Gasteiger partial charge on any atom is -0.345 e. The molecule has 0 N–H and O–H groups in total. The summed E-state index contributed by atoms with van der Waals surface area (Å²) in [6.07, 6.45) is 1.81. The molecule has 2 rings (SSSR count). The quantitative estimate of drug-likeness (QED) is 0.718. The van der Waals surface area contributed by atoms with Gasteiger partial charge in [-0.15, -0.1) is 0 Å². The van der Waals surface area contributed by atoms with E-state index in [1.165, 1.54) is 0 Å². The van der Waals surface area contributed by atoms with Crippen molar-refractivity contribution in [3.05, 3.63) is 29.2 Å². The third-order valence-electron chi connectivity index (χ3n) is 2.30. The Balaban J connectivity index is 2.72. The van der Waals surface area contributed by atoms with E-state index in [0.29, 0.717) is 11.2 Å². The van der Waals surface area contributed by atoms with Crippen molar-refractivity contribution in [1.82, 2.24) is 19.5 Å². The van der Waals surface area contributed by atoms with Crippen molar-refractivity contribution in [3.63, 3.8) is 0 Å². The number of amides is 1. The largest absolute Gasteiger partial charge is 0.345 e. The number of hydrogen-bond donors (Lipinski definition) is 0. The van der Waals surface area contributed by atoms with Gasteiger partial charge in [0.25, 0.3) is 5.91 Å². The molecule has 84 valence electrons. The van der Waals surface area contributed by atoms with Crippen molar-refractivity contribution in [2.24, 2.45) is 0 Å².